The van der Waals surface area contributed by atoms with Gasteiger partial charge in [-0.05, 0) is 85.1 Å². The molecule has 2 aliphatic heterocycles. The molecule has 0 bridgehead atoms. The SMILES string of the molecule is CC1CCCCN1C(=O)CN1CCC(CCN(C)C)CC1. The predicted molar refractivity (Wildman–Crippen MR) is 87.4 cm³/mol. The molecule has 1 amide bonds. The van der Waals surface area contributed by atoms with Crippen molar-refractivity contribution < 1.29 is 4.79 Å². The smallest absolute Gasteiger partial charge is 0.236 e. The zero-order valence-electron chi connectivity index (χ0n) is 14.2. The molecular formula is C17H33N3O. The van der Waals surface area contributed by atoms with E-state index in [0.29, 0.717) is 18.5 Å². The van der Waals surface area contributed by atoms with E-state index in [2.05, 4.69) is 35.7 Å². The molecule has 1 unspecified atom stereocenters. The maximum Gasteiger partial charge on any atom is 0.236 e. The normalized spacial score (nSPS) is 25.5. The zero-order valence-corrected chi connectivity index (χ0v) is 14.2. The number of carbonyl (C=O) groups is 1. The molecule has 4 heteroatoms. The molecule has 2 saturated heterocycles. The van der Waals surface area contributed by atoms with Crippen LogP contribution in [0.3, 0.4) is 0 Å². The van der Waals surface area contributed by atoms with Gasteiger partial charge in [-0.3, -0.25) is 9.69 Å². The summed E-state index contributed by atoms with van der Waals surface area (Å²) < 4.78 is 0. The Labute approximate surface area is 130 Å². The van der Waals surface area contributed by atoms with Crippen LogP contribution in [-0.2, 0) is 4.79 Å². The topological polar surface area (TPSA) is 26.8 Å². The number of piperidine rings is 2. The van der Waals surface area contributed by atoms with Gasteiger partial charge < -0.3 is 9.80 Å². The highest BCUT2D eigenvalue weighted by atomic mass is 16.2. The Hall–Kier alpha value is -0.610. The van der Waals surface area contributed by atoms with E-state index in [0.717, 1.165) is 25.6 Å². The lowest BCUT2D eigenvalue weighted by Gasteiger charge is -2.37. The van der Waals surface area contributed by atoms with Crippen LogP contribution in [0.2, 0.25) is 0 Å². The second-order valence-corrected chi connectivity index (χ2v) is 7.24. The summed E-state index contributed by atoms with van der Waals surface area (Å²) in [4.78, 5) is 19.2. The van der Waals surface area contributed by atoms with Crippen molar-refractivity contribution in [1.82, 2.24) is 14.7 Å². The van der Waals surface area contributed by atoms with Gasteiger partial charge in [-0.2, -0.15) is 0 Å². The minimum absolute atomic E-state index is 0.356. The maximum atomic E-state index is 12.5. The summed E-state index contributed by atoms with van der Waals surface area (Å²) in [5.41, 5.74) is 0. The summed E-state index contributed by atoms with van der Waals surface area (Å²) in [6.45, 7) is 7.21. The largest absolute Gasteiger partial charge is 0.339 e. The van der Waals surface area contributed by atoms with Crippen LogP contribution in [0.15, 0.2) is 0 Å². The summed E-state index contributed by atoms with van der Waals surface area (Å²) in [6, 6.07) is 0.448. The lowest BCUT2D eigenvalue weighted by molar-refractivity contribution is -0.136. The van der Waals surface area contributed by atoms with E-state index >= 15 is 0 Å². The number of rotatable bonds is 5. The van der Waals surface area contributed by atoms with Crippen LogP contribution in [0.5, 0.6) is 0 Å². The maximum absolute atomic E-state index is 12.5. The third-order valence-electron chi connectivity index (χ3n) is 5.17. The predicted octanol–water partition coefficient (Wildman–Crippen LogP) is 2.05. The van der Waals surface area contributed by atoms with Crippen molar-refractivity contribution in [1.29, 1.82) is 0 Å². The van der Waals surface area contributed by atoms with Crippen LogP contribution >= 0.6 is 0 Å². The number of nitrogens with zero attached hydrogens (tertiary/aromatic N) is 3. The second-order valence-electron chi connectivity index (χ2n) is 7.24. The summed E-state index contributed by atoms with van der Waals surface area (Å²) in [5.74, 6) is 1.21. The molecule has 0 saturated carbocycles. The van der Waals surface area contributed by atoms with E-state index < -0.39 is 0 Å². The number of carbonyl (C=O) groups excluding carboxylic acids is 1. The minimum Gasteiger partial charge on any atom is -0.339 e. The number of amides is 1. The summed E-state index contributed by atoms with van der Waals surface area (Å²) in [6.07, 6.45) is 7.47. The lowest BCUT2D eigenvalue weighted by Crippen LogP contribution is -2.48. The Balaban J connectivity index is 1.69. The van der Waals surface area contributed by atoms with E-state index in [1.54, 1.807) is 0 Å². The molecule has 2 fully saturated rings. The minimum atomic E-state index is 0.356. The molecule has 0 radical (unpaired) electrons. The molecule has 122 valence electrons. The Kier molecular flexibility index (Phi) is 6.49. The van der Waals surface area contributed by atoms with E-state index in [4.69, 9.17) is 0 Å². The average Bonchev–Trinajstić information content (AvgIpc) is 2.47. The Morgan fingerprint density at radius 1 is 1.10 bits per heavy atom. The molecule has 0 aromatic carbocycles. The summed E-state index contributed by atoms with van der Waals surface area (Å²) >= 11 is 0. The van der Waals surface area contributed by atoms with Crippen molar-refractivity contribution in [2.24, 2.45) is 5.92 Å². The third kappa shape index (κ3) is 5.26. The highest BCUT2D eigenvalue weighted by molar-refractivity contribution is 5.78. The van der Waals surface area contributed by atoms with Crippen molar-refractivity contribution in [3.05, 3.63) is 0 Å². The third-order valence-corrected chi connectivity index (χ3v) is 5.17. The molecule has 2 heterocycles. The number of likely N-dealkylation sites (tertiary alicyclic amines) is 2. The molecule has 1 atom stereocenters. The molecule has 2 rings (SSSR count). The van der Waals surface area contributed by atoms with Crippen molar-refractivity contribution in [3.8, 4) is 0 Å². The van der Waals surface area contributed by atoms with E-state index in [-0.39, 0.29) is 0 Å². The Bertz CT molecular complexity index is 324. The first-order valence-electron chi connectivity index (χ1n) is 8.73. The van der Waals surface area contributed by atoms with E-state index in [9.17, 15) is 4.79 Å². The van der Waals surface area contributed by atoms with Crippen molar-refractivity contribution >= 4 is 5.91 Å². The first kappa shape index (κ1) is 16.8. The molecule has 0 aromatic heterocycles. The van der Waals surface area contributed by atoms with Gasteiger partial charge in [0.1, 0.15) is 0 Å². The van der Waals surface area contributed by atoms with Crippen LogP contribution in [0.1, 0.15) is 45.4 Å². The van der Waals surface area contributed by atoms with Gasteiger partial charge in [0.15, 0.2) is 0 Å². The molecule has 0 aliphatic carbocycles. The zero-order chi connectivity index (χ0) is 15.2. The van der Waals surface area contributed by atoms with Crippen LogP contribution in [-0.4, -0.2) is 73.5 Å². The molecule has 2 aliphatic rings. The van der Waals surface area contributed by atoms with Crippen molar-refractivity contribution in [3.63, 3.8) is 0 Å². The van der Waals surface area contributed by atoms with Crippen molar-refractivity contribution in [2.75, 3.05) is 46.8 Å². The highest BCUT2D eigenvalue weighted by Gasteiger charge is 2.26. The second kappa shape index (κ2) is 8.14. The van der Waals surface area contributed by atoms with Gasteiger partial charge in [0.2, 0.25) is 5.91 Å². The van der Waals surface area contributed by atoms with Gasteiger partial charge in [0.25, 0.3) is 0 Å². The quantitative estimate of drug-likeness (QED) is 0.777. The number of hydrogen-bond donors (Lipinski definition) is 0. The van der Waals surface area contributed by atoms with Gasteiger partial charge >= 0.3 is 0 Å². The van der Waals surface area contributed by atoms with Crippen molar-refractivity contribution in [2.45, 2.75) is 51.5 Å². The van der Waals surface area contributed by atoms with E-state index in [1.807, 2.05) is 0 Å². The van der Waals surface area contributed by atoms with Crippen LogP contribution < -0.4 is 0 Å². The first-order valence-corrected chi connectivity index (χ1v) is 8.73. The molecule has 4 nitrogen and oxygen atoms in total. The molecule has 0 spiro atoms. The van der Waals surface area contributed by atoms with Gasteiger partial charge in [-0.25, -0.2) is 0 Å². The molecule has 21 heavy (non-hydrogen) atoms. The fourth-order valence-electron chi connectivity index (χ4n) is 3.62. The Morgan fingerprint density at radius 2 is 1.81 bits per heavy atom. The first-order chi connectivity index (χ1) is 10.1. The standard InChI is InChI=1S/C17H33N3O/c1-15-6-4-5-10-20(15)17(21)14-19-12-8-16(9-13-19)7-11-18(2)3/h15-16H,4-14H2,1-3H3. The van der Waals surface area contributed by atoms with Gasteiger partial charge in [-0.1, -0.05) is 0 Å². The fourth-order valence-corrected chi connectivity index (χ4v) is 3.62. The molecular weight excluding hydrogens is 262 g/mol. The summed E-state index contributed by atoms with van der Waals surface area (Å²) in [5, 5.41) is 0. The average molecular weight is 295 g/mol. The van der Waals surface area contributed by atoms with Crippen LogP contribution in [0, 0.1) is 5.92 Å². The van der Waals surface area contributed by atoms with Gasteiger partial charge in [-0.15, -0.1) is 0 Å². The Morgan fingerprint density at radius 3 is 2.43 bits per heavy atom. The number of hydrogen-bond acceptors (Lipinski definition) is 3. The summed E-state index contributed by atoms with van der Waals surface area (Å²) in [7, 11) is 4.29. The monoisotopic (exact) mass is 295 g/mol. The highest BCUT2D eigenvalue weighted by Crippen LogP contribution is 2.21. The van der Waals surface area contributed by atoms with E-state index in [1.165, 1.54) is 45.1 Å². The van der Waals surface area contributed by atoms with Crippen LogP contribution in [0.4, 0.5) is 0 Å². The van der Waals surface area contributed by atoms with Crippen LogP contribution in [0.25, 0.3) is 0 Å². The molecule has 0 N–H and O–H groups in total. The fraction of sp³-hybridized carbons (Fsp3) is 0.941. The van der Waals surface area contributed by atoms with Gasteiger partial charge in [0, 0.05) is 12.6 Å². The lowest BCUT2D eigenvalue weighted by atomic mass is 9.93. The van der Waals surface area contributed by atoms with Gasteiger partial charge in [0.05, 0.1) is 6.54 Å². The molecule has 0 aromatic rings.